The molecule has 7 heteroatoms. The van der Waals surface area contributed by atoms with Gasteiger partial charge in [-0.2, -0.15) is 5.10 Å². The van der Waals surface area contributed by atoms with Crippen LogP contribution in [-0.4, -0.2) is 33.9 Å². The number of ether oxygens (including phenoxy) is 1. The van der Waals surface area contributed by atoms with Crippen molar-refractivity contribution in [1.82, 2.24) is 9.78 Å². The van der Waals surface area contributed by atoms with Gasteiger partial charge >= 0.3 is 11.9 Å². The maximum atomic E-state index is 11.4. The Morgan fingerprint density at radius 2 is 2.05 bits per heavy atom. The van der Waals surface area contributed by atoms with E-state index in [-0.39, 0.29) is 11.4 Å². The Hall–Kier alpha value is -2.34. The van der Waals surface area contributed by atoms with Crippen molar-refractivity contribution in [3.63, 3.8) is 0 Å². The third-order valence-corrected chi connectivity index (χ3v) is 2.72. The van der Waals surface area contributed by atoms with Crippen LogP contribution in [0.25, 0.3) is 5.69 Å². The molecule has 0 unspecified atom stereocenters. The van der Waals surface area contributed by atoms with Gasteiger partial charge in [0.2, 0.25) is 0 Å². The van der Waals surface area contributed by atoms with Gasteiger partial charge in [-0.3, -0.25) is 0 Å². The van der Waals surface area contributed by atoms with Gasteiger partial charge in [0, 0.05) is 6.07 Å². The summed E-state index contributed by atoms with van der Waals surface area (Å²) >= 11 is 5.99. The van der Waals surface area contributed by atoms with E-state index in [1.807, 2.05) is 0 Å². The molecular weight excluding hydrogens is 272 g/mol. The van der Waals surface area contributed by atoms with E-state index in [1.165, 1.54) is 7.11 Å². The van der Waals surface area contributed by atoms with Crippen molar-refractivity contribution < 1.29 is 19.4 Å². The molecule has 0 aliphatic rings. The standard InChI is InChI=1S/C12H9ClN2O4/c1-19-12(18)8-6-10(11(16)17)15(14-8)9-5-3-2-4-7(9)13/h2-6H,1H3,(H,16,17). The number of carbonyl (C=O) groups excluding carboxylic acids is 1. The van der Waals surface area contributed by atoms with Gasteiger partial charge in [0.15, 0.2) is 11.4 Å². The number of esters is 1. The van der Waals surface area contributed by atoms with E-state index < -0.39 is 11.9 Å². The first-order valence-corrected chi connectivity index (χ1v) is 5.59. The molecule has 0 bridgehead atoms. The van der Waals surface area contributed by atoms with Crippen LogP contribution in [0.1, 0.15) is 21.0 Å². The Morgan fingerprint density at radius 1 is 1.37 bits per heavy atom. The van der Waals surface area contributed by atoms with Gasteiger partial charge in [0.05, 0.1) is 17.8 Å². The largest absolute Gasteiger partial charge is 0.477 e. The molecule has 0 amide bonds. The highest BCUT2D eigenvalue weighted by atomic mass is 35.5. The molecule has 1 N–H and O–H groups in total. The summed E-state index contributed by atoms with van der Waals surface area (Å²) in [5, 5.41) is 13.4. The van der Waals surface area contributed by atoms with E-state index in [9.17, 15) is 9.59 Å². The van der Waals surface area contributed by atoms with Crippen molar-refractivity contribution in [3.8, 4) is 5.69 Å². The molecule has 0 fully saturated rings. The van der Waals surface area contributed by atoms with Crippen LogP contribution in [0.3, 0.4) is 0 Å². The van der Waals surface area contributed by atoms with Gasteiger partial charge in [0.25, 0.3) is 0 Å². The molecule has 1 aromatic carbocycles. The number of aromatic carboxylic acids is 1. The number of aromatic nitrogens is 2. The Morgan fingerprint density at radius 3 is 2.63 bits per heavy atom. The summed E-state index contributed by atoms with van der Waals surface area (Å²) in [5.74, 6) is -1.93. The summed E-state index contributed by atoms with van der Waals surface area (Å²) < 4.78 is 5.60. The summed E-state index contributed by atoms with van der Waals surface area (Å²) in [6.45, 7) is 0. The highest BCUT2D eigenvalue weighted by Crippen LogP contribution is 2.21. The van der Waals surface area contributed by atoms with Gasteiger partial charge in [-0.15, -0.1) is 0 Å². The van der Waals surface area contributed by atoms with Crippen molar-refractivity contribution >= 4 is 23.5 Å². The molecule has 1 heterocycles. The molecule has 0 atom stereocenters. The Bertz CT molecular complexity index is 651. The van der Waals surface area contributed by atoms with E-state index >= 15 is 0 Å². The number of carboxylic acids is 1. The number of carboxylic acid groups (broad SMARTS) is 1. The van der Waals surface area contributed by atoms with Gasteiger partial charge in [-0.25, -0.2) is 14.3 Å². The van der Waals surface area contributed by atoms with Crippen LogP contribution in [0.4, 0.5) is 0 Å². The van der Waals surface area contributed by atoms with Gasteiger partial charge in [0.1, 0.15) is 0 Å². The van der Waals surface area contributed by atoms with E-state index in [0.29, 0.717) is 10.7 Å². The molecule has 98 valence electrons. The zero-order chi connectivity index (χ0) is 14.0. The van der Waals surface area contributed by atoms with Crippen molar-refractivity contribution in [1.29, 1.82) is 0 Å². The summed E-state index contributed by atoms with van der Waals surface area (Å²) in [6.07, 6.45) is 0. The monoisotopic (exact) mass is 280 g/mol. The third-order valence-electron chi connectivity index (χ3n) is 2.40. The predicted molar refractivity (Wildman–Crippen MR) is 66.9 cm³/mol. The zero-order valence-corrected chi connectivity index (χ0v) is 10.6. The lowest BCUT2D eigenvalue weighted by molar-refractivity contribution is 0.0593. The first-order chi connectivity index (χ1) is 9.04. The fourth-order valence-electron chi connectivity index (χ4n) is 1.54. The summed E-state index contributed by atoms with van der Waals surface area (Å²) in [6, 6.07) is 7.73. The first kappa shape index (κ1) is 13.1. The van der Waals surface area contributed by atoms with Crippen LogP contribution in [0.15, 0.2) is 30.3 Å². The number of hydrogen-bond acceptors (Lipinski definition) is 4. The molecule has 0 aliphatic heterocycles. The number of nitrogens with zero attached hydrogens (tertiary/aromatic N) is 2. The lowest BCUT2D eigenvalue weighted by atomic mass is 10.3. The number of para-hydroxylation sites is 1. The molecule has 0 aliphatic carbocycles. The van der Waals surface area contributed by atoms with Crippen molar-refractivity contribution in [2.75, 3.05) is 7.11 Å². The second-order valence-electron chi connectivity index (χ2n) is 3.57. The zero-order valence-electron chi connectivity index (χ0n) is 9.83. The van der Waals surface area contributed by atoms with Crippen LogP contribution in [-0.2, 0) is 4.74 Å². The summed E-state index contributed by atoms with van der Waals surface area (Å²) in [5.41, 5.74) is 0.102. The Labute approximate surface area is 113 Å². The molecule has 6 nitrogen and oxygen atoms in total. The summed E-state index contributed by atoms with van der Waals surface area (Å²) in [4.78, 5) is 22.6. The number of carbonyl (C=O) groups is 2. The smallest absolute Gasteiger partial charge is 0.358 e. The van der Waals surface area contributed by atoms with Crippen molar-refractivity contribution in [3.05, 3.63) is 46.7 Å². The minimum Gasteiger partial charge on any atom is -0.477 e. The first-order valence-electron chi connectivity index (χ1n) is 5.21. The topological polar surface area (TPSA) is 81.4 Å². The number of methoxy groups -OCH3 is 1. The number of halogens is 1. The van der Waals surface area contributed by atoms with Crippen LogP contribution in [0.5, 0.6) is 0 Å². The lowest BCUT2D eigenvalue weighted by Gasteiger charge is -2.05. The van der Waals surface area contributed by atoms with Crippen LogP contribution in [0.2, 0.25) is 5.02 Å². The maximum absolute atomic E-state index is 11.4. The molecule has 19 heavy (non-hydrogen) atoms. The quantitative estimate of drug-likeness (QED) is 0.870. The van der Waals surface area contributed by atoms with E-state index in [2.05, 4.69) is 9.84 Å². The summed E-state index contributed by atoms with van der Waals surface area (Å²) in [7, 11) is 1.19. The van der Waals surface area contributed by atoms with E-state index in [1.54, 1.807) is 24.3 Å². The predicted octanol–water partition coefficient (Wildman–Crippen LogP) is 2.01. The average Bonchev–Trinajstić information content (AvgIpc) is 2.83. The van der Waals surface area contributed by atoms with Crippen LogP contribution in [0, 0.1) is 0 Å². The van der Waals surface area contributed by atoms with Crippen molar-refractivity contribution in [2.45, 2.75) is 0 Å². The number of hydrogen-bond donors (Lipinski definition) is 1. The fourth-order valence-corrected chi connectivity index (χ4v) is 1.76. The van der Waals surface area contributed by atoms with E-state index in [0.717, 1.165) is 10.7 Å². The maximum Gasteiger partial charge on any atom is 0.358 e. The lowest BCUT2D eigenvalue weighted by Crippen LogP contribution is -2.08. The Balaban J connectivity index is 2.62. The van der Waals surface area contributed by atoms with Gasteiger partial charge < -0.3 is 9.84 Å². The molecular formula is C12H9ClN2O4. The molecule has 0 radical (unpaired) electrons. The molecule has 1 aromatic heterocycles. The minimum absolute atomic E-state index is 0.0974. The van der Waals surface area contributed by atoms with Crippen LogP contribution < -0.4 is 0 Å². The number of rotatable bonds is 3. The SMILES string of the molecule is COC(=O)c1cc(C(=O)O)n(-c2ccccc2Cl)n1. The Kier molecular flexibility index (Phi) is 3.52. The molecule has 2 aromatic rings. The highest BCUT2D eigenvalue weighted by molar-refractivity contribution is 6.32. The van der Waals surface area contributed by atoms with Gasteiger partial charge in [-0.1, -0.05) is 23.7 Å². The second kappa shape index (κ2) is 5.11. The molecule has 0 saturated heterocycles. The normalized spacial score (nSPS) is 10.2. The third kappa shape index (κ3) is 2.43. The van der Waals surface area contributed by atoms with Crippen molar-refractivity contribution in [2.24, 2.45) is 0 Å². The molecule has 0 saturated carbocycles. The van der Waals surface area contributed by atoms with E-state index in [4.69, 9.17) is 16.7 Å². The number of benzene rings is 1. The molecule has 2 rings (SSSR count). The average molecular weight is 281 g/mol. The molecule has 0 spiro atoms. The second-order valence-corrected chi connectivity index (χ2v) is 3.98. The fraction of sp³-hybridized carbons (Fsp3) is 0.0833. The van der Waals surface area contributed by atoms with Crippen LogP contribution >= 0.6 is 11.6 Å². The minimum atomic E-state index is -1.22. The van der Waals surface area contributed by atoms with Gasteiger partial charge in [-0.05, 0) is 12.1 Å². The highest BCUT2D eigenvalue weighted by Gasteiger charge is 2.21.